The fraction of sp³-hybridized carbons (Fsp3) is 0.200. The van der Waals surface area contributed by atoms with E-state index in [1.807, 2.05) is 6.07 Å². The minimum atomic E-state index is -0.552. The second kappa shape index (κ2) is 3.99. The van der Waals surface area contributed by atoms with Gasteiger partial charge in [-0.25, -0.2) is 0 Å². The molecule has 0 bridgehead atoms. The molecule has 0 saturated heterocycles. The van der Waals surface area contributed by atoms with E-state index in [1.165, 1.54) is 22.3 Å². The number of rotatable bonds is 2. The predicted molar refractivity (Wildman–Crippen MR) is 68.7 cm³/mol. The molecule has 2 nitrogen and oxygen atoms in total. The third-order valence-electron chi connectivity index (χ3n) is 3.43. The van der Waals surface area contributed by atoms with Gasteiger partial charge in [0.2, 0.25) is 0 Å². The van der Waals surface area contributed by atoms with E-state index < -0.39 is 6.10 Å². The Morgan fingerprint density at radius 3 is 2.65 bits per heavy atom. The Kier molecular flexibility index (Phi) is 2.46. The molecule has 0 aromatic heterocycles. The van der Waals surface area contributed by atoms with Gasteiger partial charge >= 0.3 is 0 Å². The number of aliphatic hydroxyl groups excluding tert-OH is 1. The summed E-state index contributed by atoms with van der Waals surface area (Å²) in [5, 5.41) is 9.75. The molecule has 0 fully saturated rings. The Morgan fingerprint density at radius 2 is 1.82 bits per heavy atom. The Morgan fingerprint density at radius 1 is 1.06 bits per heavy atom. The highest BCUT2D eigenvalue weighted by molar-refractivity contribution is 5.76. The van der Waals surface area contributed by atoms with Crippen LogP contribution in [-0.2, 0) is 6.42 Å². The highest BCUT2D eigenvalue weighted by Gasteiger charge is 2.18. The molecule has 3 rings (SSSR count). The fourth-order valence-corrected chi connectivity index (χ4v) is 2.51. The van der Waals surface area contributed by atoms with Crippen LogP contribution < -0.4 is 5.73 Å². The third kappa shape index (κ3) is 1.66. The van der Waals surface area contributed by atoms with Gasteiger partial charge in [-0.3, -0.25) is 0 Å². The summed E-state index contributed by atoms with van der Waals surface area (Å²) < 4.78 is 0. The molecule has 1 aliphatic rings. The molecule has 2 aromatic rings. The molecule has 0 heterocycles. The van der Waals surface area contributed by atoms with Gasteiger partial charge in [0.05, 0.1) is 6.10 Å². The molecule has 0 unspecified atom stereocenters. The summed E-state index contributed by atoms with van der Waals surface area (Å²) in [7, 11) is 0. The van der Waals surface area contributed by atoms with Gasteiger partial charge in [0.15, 0.2) is 0 Å². The maximum atomic E-state index is 9.75. The van der Waals surface area contributed by atoms with Crippen LogP contribution in [0.2, 0.25) is 0 Å². The molecule has 0 aliphatic heterocycles. The van der Waals surface area contributed by atoms with Gasteiger partial charge in [0.25, 0.3) is 0 Å². The maximum Gasteiger partial charge on any atom is 0.0912 e. The van der Waals surface area contributed by atoms with E-state index in [4.69, 9.17) is 5.73 Å². The predicted octanol–water partition coefficient (Wildman–Crippen LogP) is 2.25. The van der Waals surface area contributed by atoms with Crippen molar-refractivity contribution in [3.8, 4) is 11.1 Å². The molecule has 86 valence electrons. The maximum absolute atomic E-state index is 9.75. The van der Waals surface area contributed by atoms with Crippen LogP contribution in [-0.4, -0.2) is 11.7 Å². The van der Waals surface area contributed by atoms with Crippen molar-refractivity contribution in [3.05, 3.63) is 59.2 Å². The summed E-state index contributed by atoms with van der Waals surface area (Å²) in [6.45, 7) is 0.270. The van der Waals surface area contributed by atoms with Gasteiger partial charge in [-0.05, 0) is 34.2 Å². The summed E-state index contributed by atoms with van der Waals surface area (Å²) in [5.74, 6) is 0. The van der Waals surface area contributed by atoms with Crippen LogP contribution in [0.15, 0.2) is 42.5 Å². The van der Waals surface area contributed by atoms with Crippen molar-refractivity contribution in [1.82, 2.24) is 0 Å². The highest BCUT2D eigenvalue weighted by Crippen LogP contribution is 2.37. The quantitative estimate of drug-likeness (QED) is 0.702. The summed E-state index contributed by atoms with van der Waals surface area (Å²) in [4.78, 5) is 0. The summed E-state index contributed by atoms with van der Waals surface area (Å²) in [6.07, 6.45) is 0.403. The minimum Gasteiger partial charge on any atom is -0.387 e. The number of fused-ring (bicyclic) bond motifs is 3. The van der Waals surface area contributed by atoms with E-state index in [0.717, 1.165) is 12.0 Å². The van der Waals surface area contributed by atoms with E-state index >= 15 is 0 Å². The molecule has 17 heavy (non-hydrogen) atoms. The van der Waals surface area contributed by atoms with Crippen LogP contribution in [0.1, 0.15) is 22.8 Å². The molecule has 0 radical (unpaired) electrons. The zero-order valence-electron chi connectivity index (χ0n) is 9.56. The van der Waals surface area contributed by atoms with Crippen molar-refractivity contribution in [3.63, 3.8) is 0 Å². The van der Waals surface area contributed by atoms with Crippen LogP contribution in [0.3, 0.4) is 0 Å². The number of hydrogen-bond acceptors (Lipinski definition) is 2. The third-order valence-corrected chi connectivity index (χ3v) is 3.43. The van der Waals surface area contributed by atoms with Crippen LogP contribution in [0.4, 0.5) is 0 Å². The van der Waals surface area contributed by atoms with Crippen molar-refractivity contribution in [1.29, 1.82) is 0 Å². The van der Waals surface area contributed by atoms with Crippen molar-refractivity contribution in [2.75, 3.05) is 6.54 Å². The largest absolute Gasteiger partial charge is 0.387 e. The first kappa shape index (κ1) is 10.5. The van der Waals surface area contributed by atoms with Crippen molar-refractivity contribution in [2.45, 2.75) is 12.5 Å². The molecule has 0 spiro atoms. The van der Waals surface area contributed by atoms with E-state index in [1.54, 1.807) is 0 Å². The number of nitrogens with two attached hydrogens (primary N) is 1. The minimum absolute atomic E-state index is 0.270. The lowest BCUT2D eigenvalue weighted by atomic mass is 10.0. The van der Waals surface area contributed by atoms with Crippen molar-refractivity contribution in [2.24, 2.45) is 5.73 Å². The van der Waals surface area contributed by atoms with E-state index in [2.05, 4.69) is 36.4 Å². The first-order valence-electron chi connectivity index (χ1n) is 5.89. The molecular weight excluding hydrogens is 210 g/mol. The van der Waals surface area contributed by atoms with Crippen LogP contribution in [0, 0.1) is 0 Å². The Bertz CT molecular complexity index is 563. The summed E-state index contributed by atoms with van der Waals surface area (Å²) >= 11 is 0. The standard InChI is InChI=1S/C15H15NO/c16-9-15(17)11-5-6-14-12(8-11)7-10-3-1-2-4-13(10)14/h1-6,8,15,17H,7,9,16H2/t15-/m0/s1. The van der Waals surface area contributed by atoms with Crippen molar-refractivity contribution < 1.29 is 5.11 Å². The molecule has 0 saturated carbocycles. The van der Waals surface area contributed by atoms with E-state index in [9.17, 15) is 5.11 Å². The Balaban J connectivity index is 2.07. The lowest BCUT2D eigenvalue weighted by Gasteiger charge is -2.10. The van der Waals surface area contributed by atoms with Crippen molar-refractivity contribution >= 4 is 0 Å². The SMILES string of the molecule is NC[C@H](O)c1ccc2c(c1)Cc1ccccc1-2. The molecule has 2 heteroatoms. The fourth-order valence-electron chi connectivity index (χ4n) is 2.51. The second-order valence-electron chi connectivity index (χ2n) is 4.50. The molecule has 2 aromatic carbocycles. The number of hydrogen-bond donors (Lipinski definition) is 2. The Hall–Kier alpha value is -1.64. The van der Waals surface area contributed by atoms with Gasteiger partial charge in [-0.15, -0.1) is 0 Å². The zero-order chi connectivity index (χ0) is 11.8. The van der Waals surface area contributed by atoms with Crippen LogP contribution in [0.5, 0.6) is 0 Å². The van der Waals surface area contributed by atoms with Gasteiger partial charge in [-0.2, -0.15) is 0 Å². The van der Waals surface area contributed by atoms with Crippen LogP contribution >= 0.6 is 0 Å². The summed E-state index contributed by atoms with van der Waals surface area (Å²) in [5.41, 5.74) is 11.7. The highest BCUT2D eigenvalue weighted by atomic mass is 16.3. The van der Waals surface area contributed by atoms with E-state index in [0.29, 0.717) is 0 Å². The van der Waals surface area contributed by atoms with Gasteiger partial charge < -0.3 is 10.8 Å². The molecule has 0 amide bonds. The number of aliphatic hydroxyl groups is 1. The van der Waals surface area contributed by atoms with Crippen LogP contribution in [0.25, 0.3) is 11.1 Å². The topological polar surface area (TPSA) is 46.2 Å². The lowest BCUT2D eigenvalue weighted by molar-refractivity contribution is 0.186. The van der Waals surface area contributed by atoms with Gasteiger partial charge in [-0.1, -0.05) is 42.5 Å². The van der Waals surface area contributed by atoms with Gasteiger partial charge in [0.1, 0.15) is 0 Å². The van der Waals surface area contributed by atoms with Gasteiger partial charge in [0, 0.05) is 6.54 Å². The Labute approximate surface area is 101 Å². The van der Waals surface area contributed by atoms with E-state index in [-0.39, 0.29) is 6.54 Å². The molecule has 1 atom stereocenters. The monoisotopic (exact) mass is 225 g/mol. The first-order chi connectivity index (χ1) is 8.29. The normalized spacial score (nSPS) is 14.2. The average Bonchev–Trinajstić information content (AvgIpc) is 2.75. The summed E-state index contributed by atoms with van der Waals surface area (Å²) in [6, 6.07) is 14.6. The smallest absolute Gasteiger partial charge is 0.0912 e. The lowest BCUT2D eigenvalue weighted by Crippen LogP contribution is -2.11. The zero-order valence-corrected chi connectivity index (χ0v) is 9.56. The number of benzene rings is 2. The second-order valence-corrected chi connectivity index (χ2v) is 4.50. The molecule has 3 N–H and O–H groups in total. The molecule has 1 aliphatic carbocycles. The molecular formula is C15H15NO. The average molecular weight is 225 g/mol. The first-order valence-corrected chi connectivity index (χ1v) is 5.89.